The highest BCUT2D eigenvalue weighted by molar-refractivity contribution is 7.98. The summed E-state index contributed by atoms with van der Waals surface area (Å²) in [6.45, 7) is 1.47. The number of methoxy groups -OCH3 is 1. The van der Waals surface area contributed by atoms with E-state index in [1.54, 1.807) is 18.2 Å². The second-order valence-corrected chi connectivity index (χ2v) is 4.44. The summed E-state index contributed by atoms with van der Waals surface area (Å²) in [7, 11) is 1.48. The number of benzene rings is 1. The van der Waals surface area contributed by atoms with Crippen molar-refractivity contribution in [1.29, 1.82) is 0 Å². The zero-order valence-corrected chi connectivity index (χ0v) is 10.6. The number of ether oxygens (including phenoxy) is 1. The first-order chi connectivity index (χ1) is 7.79. The largest absolute Gasteiger partial charge is 0.494 e. The second kappa shape index (κ2) is 7.52. The summed E-state index contributed by atoms with van der Waals surface area (Å²) in [6, 6.07) is 5.22. The molecule has 0 radical (unpaired) electrons. The molecule has 2 nitrogen and oxygen atoms in total. The molecule has 1 rings (SSSR count). The van der Waals surface area contributed by atoms with Crippen molar-refractivity contribution >= 4 is 11.8 Å². The van der Waals surface area contributed by atoms with Crippen molar-refractivity contribution in [2.75, 3.05) is 25.7 Å². The SMILES string of the molecule is COc1cccc(CNCCCSC)c1F. The number of nitrogens with one attached hydrogen (secondary N) is 1. The Bertz CT molecular complexity index is 320. The van der Waals surface area contributed by atoms with Crippen LogP contribution in [0.2, 0.25) is 0 Å². The fourth-order valence-electron chi connectivity index (χ4n) is 1.41. The molecule has 0 atom stereocenters. The van der Waals surface area contributed by atoms with Gasteiger partial charge in [0.15, 0.2) is 11.6 Å². The van der Waals surface area contributed by atoms with E-state index in [-0.39, 0.29) is 5.82 Å². The molecular formula is C12H18FNOS. The molecule has 0 amide bonds. The predicted molar refractivity (Wildman–Crippen MR) is 67.7 cm³/mol. The van der Waals surface area contributed by atoms with Crippen LogP contribution in [0.3, 0.4) is 0 Å². The van der Waals surface area contributed by atoms with Crippen LogP contribution in [0, 0.1) is 5.82 Å². The van der Waals surface area contributed by atoms with Gasteiger partial charge in [-0.15, -0.1) is 0 Å². The highest BCUT2D eigenvalue weighted by atomic mass is 32.2. The zero-order chi connectivity index (χ0) is 11.8. The van der Waals surface area contributed by atoms with Gasteiger partial charge in [0.25, 0.3) is 0 Å². The highest BCUT2D eigenvalue weighted by Crippen LogP contribution is 2.19. The summed E-state index contributed by atoms with van der Waals surface area (Å²) in [5.74, 6) is 1.18. The van der Waals surface area contributed by atoms with Crippen molar-refractivity contribution in [2.24, 2.45) is 0 Å². The molecule has 1 aromatic carbocycles. The lowest BCUT2D eigenvalue weighted by Gasteiger charge is -2.08. The Balaban J connectivity index is 2.41. The third-order valence-corrected chi connectivity index (χ3v) is 2.98. The summed E-state index contributed by atoms with van der Waals surface area (Å²) < 4.78 is 18.6. The second-order valence-electron chi connectivity index (χ2n) is 3.46. The minimum absolute atomic E-state index is 0.262. The first kappa shape index (κ1) is 13.3. The van der Waals surface area contributed by atoms with Gasteiger partial charge < -0.3 is 10.1 Å². The maximum Gasteiger partial charge on any atom is 0.169 e. The normalized spacial score (nSPS) is 10.4. The van der Waals surface area contributed by atoms with Crippen LogP contribution in [0.25, 0.3) is 0 Å². The third-order valence-electron chi connectivity index (χ3n) is 2.28. The summed E-state index contributed by atoms with van der Waals surface area (Å²) in [4.78, 5) is 0. The van der Waals surface area contributed by atoms with Crippen LogP contribution < -0.4 is 10.1 Å². The van der Waals surface area contributed by atoms with Crippen molar-refractivity contribution in [3.8, 4) is 5.75 Å². The van der Waals surface area contributed by atoms with Crippen molar-refractivity contribution in [3.05, 3.63) is 29.6 Å². The van der Waals surface area contributed by atoms with Crippen molar-refractivity contribution < 1.29 is 9.13 Å². The highest BCUT2D eigenvalue weighted by Gasteiger charge is 2.06. The van der Waals surface area contributed by atoms with Crippen molar-refractivity contribution in [1.82, 2.24) is 5.32 Å². The molecule has 1 aromatic rings. The van der Waals surface area contributed by atoms with Gasteiger partial charge >= 0.3 is 0 Å². The van der Waals surface area contributed by atoms with Crippen molar-refractivity contribution in [3.63, 3.8) is 0 Å². The van der Waals surface area contributed by atoms with E-state index in [4.69, 9.17) is 4.74 Å². The summed E-state index contributed by atoms with van der Waals surface area (Å²) in [6.07, 6.45) is 3.19. The molecule has 0 spiro atoms. The summed E-state index contributed by atoms with van der Waals surface area (Å²) in [5.41, 5.74) is 0.656. The molecule has 1 N–H and O–H groups in total. The monoisotopic (exact) mass is 243 g/mol. The fourth-order valence-corrected chi connectivity index (χ4v) is 1.85. The molecule has 0 aromatic heterocycles. The fraction of sp³-hybridized carbons (Fsp3) is 0.500. The van der Waals surface area contributed by atoms with E-state index in [2.05, 4.69) is 11.6 Å². The van der Waals surface area contributed by atoms with Crippen LogP contribution in [0.15, 0.2) is 18.2 Å². The average Bonchev–Trinajstić information content (AvgIpc) is 2.31. The van der Waals surface area contributed by atoms with Gasteiger partial charge in [0.1, 0.15) is 0 Å². The molecule has 0 heterocycles. The Morgan fingerprint density at radius 1 is 1.44 bits per heavy atom. The van der Waals surface area contributed by atoms with Gasteiger partial charge in [-0.05, 0) is 31.0 Å². The van der Waals surface area contributed by atoms with Crippen LogP contribution in [0.5, 0.6) is 5.75 Å². The smallest absolute Gasteiger partial charge is 0.169 e. The maximum absolute atomic E-state index is 13.7. The molecule has 0 saturated carbocycles. The molecular weight excluding hydrogens is 225 g/mol. The van der Waals surface area contributed by atoms with Crippen LogP contribution in [-0.2, 0) is 6.54 Å². The van der Waals surface area contributed by atoms with E-state index in [0.29, 0.717) is 17.9 Å². The van der Waals surface area contributed by atoms with E-state index < -0.39 is 0 Å². The first-order valence-electron chi connectivity index (χ1n) is 5.30. The van der Waals surface area contributed by atoms with E-state index in [1.165, 1.54) is 7.11 Å². The molecule has 90 valence electrons. The van der Waals surface area contributed by atoms with E-state index in [9.17, 15) is 4.39 Å². The number of hydrogen-bond acceptors (Lipinski definition) is 3. The van der Waals surface area contributed by atoms with Crippen LogP contribution in [0.4, 0.5) is 4.39 Å². The van der Waals surface area contributed by atoms with Gasteiger partial charge in [-0.1, -0.05) is 12.1 Å². The Labute approximate surface area is 101 Å². The predicted octanol–water partition coefficient (Wildman–Crippen LogP) is 2.68. The molecule has 0 unspecified atom stereocenters. The molecule has 0 aliphatic heterocycles. The zero-order valence-electron chi connectivity index (χ0n) is 9.75. The van der Waals surface area contributed by atoms with Gasteiger partial charge in [0, 0.05) is 12.1 Å². The van der Waals surface area contributed by atoms with Gasteiger partial charge in [-0.25, -0.2) is 4.39 Å². The molecule has 0 bridgehead atoms. The number of halogens is 1. The molecule has 16 heavy (non-hydrogen) atoms. The molecule has 0 saturated heterocycles. The average molecular weight is 243 g/mol. The molecule has 0 aliphatic carbocycles. The van der Waals surface area contributed by atoms with Gasteiger partial charge in [0.05, 0.1) is 7.11 Å². The summed E-state index contributed by atoms with van der Waals surface area (Å²) >= 11 is 1.82. The Kier molecular flexibility index (Phi) is 6.26. The van der Waals surface area contributed by atoms with E-state index >= 15 is 0 Å². The lowest BCUT2D eigenvalue weighted by atomic mass is 10.2. The van der Waals surface area contributed by atoms with Crippen LogP contribution in [-0.4, -0.2) is 25.7 Å². The lowest BCUT2D eigenvalue weighted by molar-refractivity contribution is 0.383. The van der Waals surface area contributed by atoms with Gasteiger partial charge in [-0.3, -0.25) is 0 Å². The molecule has 4 heteroatoms. The third kappa shape index (κ3) is 4.02. The number of thioether (sulfide) groups is 1. The Hall–Kier alpha value is -0.740. The van der Waals surface area contributed by atoms with Gasteiger partial charge in [0.2, 0.25) is 0 Å². The quantitative estimate of drug-likeness (QED) is 0.744. The Morgan fingerprint density at radius 3 is 2.94 bits per heavy atom. The van der Waals surface area contributed by atoms with Crippen LogP contribution >= 0.6 is 11.8 Å². The summed E-state index contributed by atoms with van der Waals surface area (Å²) in [5, 5.41) is 3.22. The lowest BCUT2D eigenvalue weighted by Crippen LogP contribution is -2.16. The first-order valence-corrected chi connectivity index (χ1v) is 6.70. The standard InChI is InChI=1S/C12H18FNOS/c1-15-11-6-3-5-10(12(11)13)9-14-7-4-8-16-2/h3,5-6,14H,4,7-9H2,1-2H3. The van der Waals surface area contributed by atoms with Crippen molar-refractivity contribution in [2.45, 2.75) is 13.0 Å². The minimum atomic E-state index is -0.262. The minimum Gasteiger partial charge on any atom is -0.494 e. The van der Waals surface area contributed by atoms with Crippen LogP contribution in [0.1, 0.15) is 12.0 Å². The maximum atomic E-state index is 13.7. The topological polar surface area (TPSA) is 21.3 Å². The number of hydrogen-bond donors (Lipinski definition) is 1. The Morgan fingerprint density at radius 2 is 2.25 bits per heavy atom. The molecule has 0 aliphatic rings. The number of rotatable bonds is 7. The van der Waals surface area contributed by atoms with Gasteiger partial charge in [-0.2, -0.15) is 11.8 Å². The van der Waals surface area contributed by atoms with E-state index in [1.807, 2.05) is 11.8 Å². The van der Waals surface area contributed by atoms with E-state index in [0.717, 1.165) is 18.7 Å². The molecule has 0 fully saturated rings.